The fourth-order valence-corrected chi connectivity index (χ4v) is 1.51. The summed E-state index contributed by atoms with van der Waals surface area (Å²) >= 11 is 0. The van der Waals surface area contributed by atoms with Crippen LogP contribution in [0.3, 0.4) is 0 Å². The molecule has 0 aliphatic heterocycles. The second-order valence-corrected chi connectivity index (χ2v) is 3.18. The highest BCUT2D eigenvalue weighted by Gasteiger charge is 1.98. The van der Waals surface area contributed by atoms with Crippen molar-refractivity contribution in [2.24, 2.45) is 5.73 Å². The van der Waals surface area contributed by atoms with E-state index in [9.17, 15) is 0 Å². The summed E-state index contributed by atoms with van der Waals surface area (Å²) in [6.45, 7) is 3.62. The van der Waals surface area contributed by atoms with E-state index >= 15 is 0 Å². The molecule has 86 valence electrons. The first-order valence-electron chi connectivity index (χ1n) is 4.46. The maximum Gasteiger partial charge on any atom is 0.0930 e. The van der Waals surface area contributed by atoms with Gasteiger partial charge in [0.2, 0.25) is 0 Å². The Balaban J connectivity index is 0.00000112. The number of benzene rings is 2. The van der Waals surface area contributed by atoms with Crippen LogP contribution in [0.4, 0.5) is 5.69 Å². The third kappa shape index (κ3) is 3.05. The van der Waals surface area contributed by atoms with Crippen LogP contribution in [-0.2, 0) is 0 Å². The summed E-state index contributed by atoms with van der Waals surface area (Å²) in [7, 11) is 0. The molecule has 0 bridgehead atoms. The molecule has 0 saturated heterocycles. The molecule has 3 N–H and O–H groups in total. The average Bonchev–Trinajstić information content (AvgIpc) is 2.18. The minimum atomic E-state index is 0. The van der Waals surface area contributed by atoms with Crippen molar-refractivity contribution in [1.82, 2.24) is 0 Å². The molecule has 0 aliphatic carbocycles. The van der Waals surface area contributed by atoms with E-state index in [4.69, 9.17) is 5.73 Å². The highest BCUT2D eigenvalue weighted by Crippen LogP contribution is 2.23. The van der Waals surface area contributed by atoms with Crippen LogP contribution in [0.1, 0.15) is 0 Å². The van der Waals surface area contributed by atoms with Crippen molar-refractivity contribution >= 4 is 41.3 Å². The molecular formula is C12H14Cl2N2. The molecule has 2 aromatic carbocycles. The SMILES string of the molecule is C=C(N)Nc1cccc2ccccc12.Cl.Cl. The molecule has 0 unspecified atom stereocenters. The number of hydrogen-bond donors (Lipinski definition) is 2. The lowest BCUT2D eigenvalue weighted by Gasteiger charge is -2.08. The van der Waals surface area contributed by atoms with Crippen molar-refractivity contribution < 1.29 is 0 Å². The predicted octanol–water partition coefficient (Wildman–Crippen LogP) is 3.53. The zero-order chi connectivity index (χ0) is 9.97. The summed E-state index contributed by atoms with van der Waals surface area (Å²) in [5.74, 6) is 0.460. The van der Waals surface area contributed by atoms with Gasteiger partial charge in [-0.2, -0.15) is 0 Å². The third-order valence-electron chi connectivity index (χ3n) is 2.08. The van der Waals surface area contributed by atoms with E-state index in [1.165, 1.54) is 5.39 Å². The molecule has 0 aromatic heterocycles. The van der Waals surface area contributed by atoms with Crippen LogP contribution >= 0.6 is 24.8 Å². The summed E-state index contributed by atoms with van der Waals surface area (Å²) in [6, 6.07) is 14.2. The number of anilines is 1. The molecule has 0 amide bonds. The Labute approximate surface area is 107 Å². The molecule has 2 nitrogen and oxygen atoms in total. The van der Waals surface area contributed by atoms with E-state index in [0.29, 0.717) is 5.82 Å². The summed E-state index contributed by atoms with van der Waals surface area (Å²) in [4.78, 5) is 0. The Hall–Kier alpha value is -1.38. The number of hydrogen-bond acceptors (Lipinski definition) is 2. The lowest BCUT2D eigenvalue weighted by Crippen LogP contribution is -2.06. The Morgan fingerprint density at radius 1 is 1.00 bits per heavy atom. The molecule has 2 aromatic rings. The van der Waals surface area contributed by atoms with Crippen LogP contribution in [0.2, 0.25) is 0 Å². The van der Waals surface area contributed by atoms with Gasteiger partial charge in [0.25, 0.3) is 0 Å². The second-order valence-electron chi connectivity index (χ2n) is 3.18. The molecular weight excluding hydrogens is 243 g/mol. The second kappa shape index (κ2) is 6.26. The normalized spacial score (nSPS) is 8.75. The van der Waals surface area contributed by atoms with Crippen LogP contribution in [0.15, 0.2) is 54.9 Å². The van der Waals surface area contributed by atoms with Crippen molar-refractivity contribution in [3.8, 4) is 0 Å². The van der Waals surface area contributed by atoms with Crippen LogP contribution in [0.25, 0.3) is 10.8 Å². The van der Waals surface area contributed by atoms with Gasteiger partial charge < -0.3 is 11.1 Å². The summed E-state index contributed by atoms with van der Waals surface area (Å²) in [5.41, 5.74) is 6.51. The maximum absolute atomic E-state index is 5.51. The summed E-state index contributed by atoms with van der Waals surface area (Å²) in [5, 5.41) is 5.38. The standard InChI is InChI=1S/C12H12N2.2ClH/c1-9(13)14-12-8-4-6-10-5-2-3-7-11(10)12;;/h2-8,14H,1,13H2;2*1H. The Bertz CT molecular complexity index is 478. The van der Waals surface area contributed by atoms with Crippen molar-refractivity contribution in [2.75, 3.05) is 5.32 Å². The molecule has 0 atom stereocenters. The van der Waals surface area contributed by atoms with Crippen molar-refractivity contribution in [2.45, 2.75) is 0 Å². The van der Waals surface area contributed by atoms with E-state index in [1.807, 2.05) is 24.3 Å². The molecule has 0 radical (unpaired) electrons. The predicted molar refractivity (Wildman–Crippen MR) is 75.4 cm³/mol. The number of fused-ring (bicyclic) bond motifs is 1. The lowest BCUT2D eigenvalue weighted by molar-refractivity contribution is 1.34. The smallest absolute Gasteiger partial charge is 0.0930 e. The number of nitrogens with one attached hydrogen (secondary N) is 1. The Kier molecular flexibility index (Phi) is 5.72. The minimum Gasteiger partial charge on any atom is -0.386 e. The average molecular weight is 257 g/mol. The Morgan fingerprint density at radius 3 is 2.31 bits per heavy atom. The van der Waals surface area contributed by atoms with Crippen LogP contribution in [-0.4, -0.2) is 0 Å². The maximum atomic E-state index is 5.51. The van der Waals surface area contributed by atoms with Gasteiger partial charge in [-0.1, -0.05) is 43.0 Å². The van der Waals surface area contributed by atoms with Crippen molar-refractivity contribution in [1.29, 1.82) is 0 Å². The quantitative estimate of drug-likeness (QED) is 0.863. The van der Waals surface area contributed by atoms with Gasteiger partial charge in [-0.05, 0) is 11.5 Å². The van der Waals surface area contributed by atoms with E-state index in [0.717, 1.165) is 11.1 Å². The number of nitrogens with two attached hydrogens (primary N) is 1. The van der Waals surface area contributed by atoms with Crippen LogP contribution in [0.5, 0.6) is 0 Å². The molecule has 0 saturated carbocycles. The highest BCUT2D eigenvalue weighted by atomic mass is 35.5. The molecule has 0 spiro atoms. The largest absolute Gasteiger partial charge is 0.386 e. The first-order chi connectivity index (χ1) is 6.77. The Morgan fingerprint density at radius 2 is 1.62 bits per heavy atom. The molecule has 2 rings (SSSR count). The molecule has 16 heavy (non-hydrogen) atoms. The van der Waals surface area contributed by atoms with Crippen LogP contribution in [0, 0.1) is 0 Å². The van der Waals surface area contributed by atoms with Gasteiger partial charge in [-0.3, -0.25) is 0 Å². The highest BCUT2D eigenvalue weighted by molar-refractivity contribution is 5.94. The third-order valence-corrected chi connectivity index (χ3v) is 2.08. The monoisotopic (exact) mass is 256 g/mol. The van der Waals surface area contributed by atoms with Gasteiger partial charge in [0.05, 0.1) is 5.82 Å². The van der Waals surface area contributed by atoms with Gasteiger partial charge in [-0.25, -0.2) is 0 Å². The fourth-order valence-electron chi connectivity index (χ4n) is 1.51. The first kappa shape index (κ1) is 14.6. The van der Waals surface area contributed by atoms with Gasteiger partial charge in [-0.15, -0.1) is 24.8 Å². The van der Waals surface area contributed by atoms with Crippen molar-refractivity contribution in [3.63, 3.8) is 0 Å². The zero-order valence-electron chi connectivity index (χ0n) is 8.64. The molecule has 4 heteroatoms. The van der Waals surface area contributed by atoms with E-state index in [-0.39, 0.29) is 24.8 Å². The van der Waals surface area contributed by atoms with Gasteiger partial charge in [0.15, 0.2) is 0 Å². The topological polar surface area (TPSA) is 38.0 Å². The van der Waals surface area contributed by atoms with Crippen LogP contribution < -0.4 is 11.1 Å². The zero-order valence-corrected chi connectivity index (χ0v) is 10.3. The van der Waals surface area contributed by atoms with E-state index < -0.39 is 0 Å². The minimum absolute atomic E-state index is 0. The molecule has 0 fully saturated rings. The van der Waals surface area contributed by atoms with E-state index in [1.54, 1.807) is 0 Å². The number of rotatable bonds is 2. The van der Waals surface area contributed by atoms with Gasteiger partial charge in [0, 0.05) is 11.1 Å². The van der Waals surface area contributed by atoms with Crippen molar-refractivity contribution in [3.05, 3.63) is 54.9 Å². The molecule has 0 heterocycles. The van der Waals surface area contributed by atoms with Gasteiger partial charge in [0.1, 0.15) is 0 Å². The number of halogens is 2. The summed E-state index contributed by atoms with van der Waals surface area (Å²) in [6.07, 6.45) is 0. The van der Waals surface area contributed by atoms with Gasteiger partial charge >= 0.3 is 0 Å². The van der Waals surface area contributed by atoms with E-state index in [2.05, 4.69) is 30.1 Å². The molecule has 0 aliphatic rings. The lowest BCUT2D eigenvalue weighted by atomic mass is 10.1. The summed E-state index contributed by atoms with van der Waals surface area (Å²) < 4.78 is 0. The fraction of sp³-hybridized carbons (Fsp3) is 0. The first-order valence-corrected chi connectivity index (χ1v) is 4.46.